The van der Waals surface area contributed by atoms with Crippen molar-refractivity contribution in [3.63, 3.8) is 0 Å². The Bertz CT molecular complexity index is 1200. The zero-order valence-corrected chi connectivity index (χ0v) is 18.9. The average molecular weight is 455 g/mol. The van der Waals surface area contributed by atoms with Gasteiger partial charge in [-0.05, 0) is 29.5 Å². The van der Waals surface area contributed by atoms with E-state index in [0.717, 1.165) is 11.1 Å². The number of nitrogen functional groups attached to an aromatic ring is 1. The van der Waals surface area contributed by atoms with Crippen LogP contribution in [-0.2, 0) is 17.8 Å². The lowest BCUT2D eigenvalue weighted by atomic mass is 10.1. The third-order valence-corrected chi connectivity index (χ3v) is 5.45. The maximum Gasteiger partial charge on any atom is 0.330 e. The van der Waals surface area contributed by atoms with Gasteiger partial charge in [-0.15, -0.1) is 0 Å². The van der Waals surface area contributed by atoms with E-state index in [4.69, 9.17) is 17.3 Å². The number of nitrogens with one attached hydrogen (secondary N) is 1. The molecule has 3 aromatic rings. The van der Waals surface area contributed by atoms with Gasteiger partial charge in [0.25, 0.3) is 5.56 Å². The average Bonchev–Trinajstić information content (AvgIpc) is 2.75. The molecule has 1 amide bonds. The summed E-state index contributed by atoms with van der Waals surface area (Å²) in [6.45, 7) is 4.36. The van der Waals surface area contributed by atoms with E-state index < -0.39 is 11.2 Å². The van der Waals surface area contributed by atoms with Gasteiger partial charge in [-0.1, -0.05) is 74.0 Å². The van der Waals surface area contributed by atoms with E-state index in [-0.39, 0.29) is 42.8 Å². The molecule has 168 valence electrons. The van der Waals surface area contributed by atoms with Crippen LogP contribution in [0.25, 0.3) is 0 Å². The number of nitrogens with two attached hydrogens (primary N) is 1. The lowest BCUT2D eigenvalue weighted by molar-refractivity contribution is -0.118. The first-order chi connectivity index (χ1) is 15.3. The smallest absolute Gasteiger partial charge is 0.330 e. The van der Waals surface area contributed by atoms with Crippen molar-refractivity contribution in [1.29, 1.82) is 0 Å². The Morgan fingerprint density at radius 2 is 1.75 bits per heavy atom. The van der Waals surface area contributed by atoms with Crippen LogP contribution in [0, 0.1) is 5.92 Å². The van der Waals surface area contributed by atoms with Gasteiger partial charge in [-0.2, -0.15) is 0 Å². The fourth-order valence-electron chi connectivity index (χ4n) is 3.52. The lowest BCUT2D eigenvalue weighted by Gasteiger charge is -2.26. The second-order valence-electron chi connectivity index (χ2n) is 8.05. The normalized spacial score (nSPS) is 11.0. The Labute approximate surface area is 191 Å². The molecule has 0 saturated carbocycles. The van der Waals surface area contributed by atoms with Gasteiger partial charge < -0.3 is 10.6 Å². The molecule has 0 atom stereocenters. The first-order valence-electron chi connectivity index (χ1n) is 10.5. The van der Waals surface area contributed by atoms with Crippen LogP contribution in [0.1, 0.15) is 31.4 Å². The molecule has 7 nitrogen and oxygen atoms in total. The van der Waals surface area contributed by atoms with Crippen LogP contribution in [0.3, 0.4) is 0 Å². The third kappa shape index (κ3) is 5.48. The molecule has 8 heteroatoms. The van der Waals surface area contributed by atoms with Crippen LogP contribution < -0.4 is 21.9 Å². The first kappa shape index (κ1) is 23.3. The molecule has 0 aliphatic rings. The molecule has 0 aliphatic carbocycles. The number of hydrogen-bond donors (Lipinski definition) is 2. The quantitative estimate of drug-likeness (QED) is 0.544. The van der Waals surface area contributed by atoms with Crippen molar-refractivity contribution >= 4 is 29.0 Å². The van der Waals surface area contributed by atoms with Crippen LogP contribution in [0.5, 0.6) is 0 Å². The highest BCUT2D eigenvalue weighted by Gasteiger charge is 2.25. The number of hydrogen-bond acceptors (Lipinski definition) is 4. The Morgan fingerprint density at radius 3 is 2.41 bits per heavy atom. The number of rotatable bonds is 8. The lowest BCUT2D eigenvalue weighted by Crippen LogP contribution is -2.42. The van der Waals surface area contributed by atoms with Crippen LogP contribution in [-0.4, -0.2) is 22.0 Å². The van der Waals surface area contributed by atoms with E-state index in [9.17, 15) is 14.4 Å². The minimum absolute atomic E-state index is 0.00149. The van der Waals surface area contributed by atoms with Crippen molar-refractivity contribution in [2.45, 2.75) is 33.2 Å². The molecule has 0 aliphatic heterocycles. The van der Waals surface area contributed by atoms with E-state index in [0.29, 0.717) is 11.4 Å². The second kappa shape index (κ2) is 10.3. The number of carbonyl (C=O) groups is 1. The Hall–Kier alpha value is -3.32. The van der Waals surface area contributed by atoms with Gasteiger partial charge in [-0.25, -0.2) is 4.79 Å². The topological polar surface area (TPSA) is 101 Å². The molecular weight excluding hydrogens is 428 g/mol. The predicted molar refractivity (Wildman–Crippen MR) is 128 cm³/mol. The summed E-state index contributed by atoms with van der Waals surface area (Å²) < 4.78 is 1.28. The van der Waals surface area contributed by atoms with Crippen LogP contribution in [0.2, 0.25) is 5.02 Å². The molecule has 3 N–H and O–H groups in total. The zero-order chi connectivity index (χ0) is 23.3. The van der Waals surface area contributed by atoms with E-state index >= 15 is 0 Å². The maximum atomic E-state index is 13.2. The monoisotopic (exact) mass is 454 g/mol. The highest BCUT2D eigenvalue weighted by molar-refractivity contribution is 6.31. The van der Waals surface area contributed by atoms with Gasteiger partial charge in [0.2, 0.25) is 5.91 Å². The molecule has 0 unspecified atom stereocenters. The fraction of sp³-hybridized carbons (Fsp3) is 0.292. The number of benzene rings is 2. The summed E-state index contributed by atoms with van der Waals surface area (Å²) in [7, 11) is 0. The number of carbonyl (C=O) groups excluding carboxylic acids is 1. The Morgan fingerprint density at radius 1 is 1.09 bits per heavy atom. The molecule has 0 bridgehead atoms. The van der Waals surface area contributed by atoms with Crippen molar-refractivity contribution in [3.8, 4) is 0 Å². The summed E-state index contributed by atoms with van der Waals surface area (Å²) in [5, 5.41) is 0.587. The minimum atomic E-state index is -0.677. The van der Waals surface area contributed by atoms with Gasteiger partial charge >= 0.3 is 5.69 Å². The number of aryl methyl sites for hydroxylation is 1. The summed E-state index contributed by atoms with van der Waals surface area (Å²) in [4.78, 5) is 42.2. The predicted octanol–water partition coefficient (Wildman–Crippen LogP) is 3.44. The molecule has 0 fully saturated rings. The Balaban J connectivity index is 1.96. The maximum absolute atomic E-state index is 13.2. The molecule has 1 heterocycles. The van der Waals surface area contributed by atoms with Crippen LogP contribution in [0.15, 0.2) is 64.2 Å². The second-order valence-corrected chi connectivity index (χ2v) is 8.46. The van der Waals surface area contributed by atoms with Gasteiger partial charge in [0.1, 0.15) is 5.82 Å². The van der Waals surface area contributed by atoms with E-state index in [1.807, 2.05) is 62.4 Å². The number of aromatic nitrogens is 2. The van der Waals surface area contributed by atoms with E-state index in [1.54, 1.807) is 6.07 Å². The highest BCUT2D eigenvalue weighted by atomic mass is 35.5. The molecule has 0 spiro atoms. The number of H-pyrrole nitrogens is 1. The summed E-state index contributed by atoms with van der Waals surface area (Å²) in [5.74, 6) is -0.220. The molecule has 3 rings (SSSR count). The van der Waals surface area contributed by atoms with Crippen molar-refractivity contribution < 1.29 is 4.79 Å². The van der Waals surface area contributed by atoms with Gasteiger partial charge in [0, 0.05) is 18.0 Å². The summed E-state index contributed by atoms with van der Waals surface area (Å²) in [6, 6.07) is 16.6. The minimum Gasteiger partial charge on any atom is -0.383 e. The number of aromatic amines is 1. The largest absolute Gasteiger partial charge is 0.383 e. The zero-order valence-electron chi connectivity index (χ0n) is 18.2. The fourth-order valence-corrected chi connectivity index (χ4v) is 3.75. The van der Waals surface area contributed by atoms with Crippen molar-refractivity contribution in [1.82, 2.24) is 9.55 Å². The molecule has 2 aromatic carbocycles. The third-order valence-electron chi connectivity index (χ3n) is 5.08. The van der Waals surface area contributed by atoms with Crippen LogP contribution >= 0.6 is 11.6 Å². The number of anilines is 2. The van der Waals surface area contributed by atoms with E-state index in [1.165, 1.54) is 9.47 Å². The highest BCUT2D eigenvalue weighted by Crippen LogP contribution is 2.22. The van der Waals surface area contributed by atoms with E-state index in [2.05, 4.69) is 4.98 Å². The van der Waals surface area contributed by atoms with Gasteiger partial charge in [-0.3, -0.25) is 19.1 Å². The SMILES string of the molecule is CC(C)CN(C(=O)CCc1ccccc1Cl)c1c(N)n(Cc2ccccc2)c(=O)[nH]c1=O. The molecule has 1 aromatic heterocycles. The van der Waals surface area contributed by atoms with Crippen molar-refractivity contribution in [3.05, 3.63) is 91.6 Å². The summed E-state index contributed by atoms with van der Waals surface area (Å²) >= 11 is 6.22. The summed E-state index contributed by atoms with van der Waals surface area (Å²) in [5.41, 5.74) is 6.71. The number of nitrogens with zero attached hydrogens (tertiary/aromatic N) is 2. The Kier molecular flexibility index (Phi) is 7.53. The number of halogens is 1. The van der Waals surface area contributed by atoms with Gasteiger partial charge in [0.05, 0.1) is 6.54 Å². The van der Waals surface area contributed by atoms with Crippen molar-refractivity contribution in [2.75, 3.05) is 17.2 Å². The van der Waals surface area contributed by atoms with Crippen LogP contribution in [0.4, 0.5) is 11.5 Å². The molecular formula is C24H27ClN4O3. The van der Waals surface area contributed by atoms with Gasteiger partial charge in [0.15, 0.2) is 5.69 Å². The molecule has 0 radical (unpaired) electrons. The first-order valence-corrected chi connectivity index (χ1v) is 10.9. The number of amides is 1. The standard InChI is InChI=1S/C24H27ClN4O3/c1-16(2)14-28(20(30)13-12-18-10-6-7-11-19(18)25)21-22(26)29(24(32)27-23(21)31)15-17-8-4-3-5-9-17/h3-11,16H,12-15,26H2,1-2H3,(H,27,31,32). The molecule has 0 saturated heterocycles. The molecule has 32 heavy (non-hydrogen) atoms. The summed E-state index contributed by atoms with van der Waals surface area (Å²) in [6.07, 6.45) is 0.571. The van der Waals surface area contributed by atoms with Crippen molar-refractivity contribution in [2.24, 2.45) is 5.92 Å².